The molecule has 70 heavy (non-hydrogen) atoms. The summed E-state index contributed by atoms with van der Waals surface area (Å²) in [5.41, 5.74) is 10.3. The standard InChI is InChI=1S/C33H55N8O19P3S.C2H2F2O2/c1-18(42)41-21(31(35)47)6-4-5-9-36-24(44)16-64-13-12-37-23(43)8-11-39-32(48)30(46)33(2,3)17-57-63(54,55)60-62(52,53)56-15-22-29(59-61(49,50)51)27(45)28(58-22)19-14-40-26-20(34)7-10-38-25(19)26;3-2(4)1-6-5/h7,10,14,19,21-22,27-30,45-46H,4-6,8-9,11-13,15-17H2,1-3H3,(H2,34,38)(H2,35,47)(H,36,44)(H,37,43)(H,39,48)(H,41,42)(H,52,53)(H,54,55)(H2,49,50,51);1,5H/t19?,21-,22+,27-,28-,29+,30-;/m0./s1. The molecule has 0 spiro atoms. The molecule has 398 valence electrons. The van der Waals surface area contributed by atoms with Crippen molar-refractivity contribution in [2.24, 2.45) is 16.1 Å². The van der Waals surface area contributed by atoms with Crippen LogP contribution in [0.15, 0.2) is 29.6 Å². The number of rotatable bonds is 29. The van der Waals surface area contributed by atoms with E-state index in [1.807, 2.05) is 0 Å². The molecule has 2 aliphatic heterocycles. The predicted molar refractivity (Wildman–Crippen MR) is 239 cm³/mol. The molecule has 0 bridgehead atoms. The van der Waals surface area contributed by atoms with Crippen molar-refractivity contribution in [1.82, 2.24) is 26.3 Å². The normalized spacial score (nSPS) is 21.1. The fraction of sp³-hybridized carbons (Fsp3) is 0.629. The van der Waals surface area contributed by atoms with E-state index in [0.29, 0.717) is 31.6 Å². The van der Waals surface area contributed by atoms with Crippen LogP contribution in [0, 0.1) is 5.41 Å². The Morgan fingerprint density at radius 3 is 2.26 bits per heavy atom. The number of aliphatic hydroxyl groups excluding tert-OH is 2. The van der Waals surface area contributed by atoms with Crippen LogP contribution in [0.3, 0.4) is 0 Å². The minimum Gasteiger partial charge on any atom is -0.397 e. The van der Waals surface area contributed by atoms with Crippen molar-refractivity contribution in [2.75, 3.05) is 50.1 Å². The number of anilines is 1. The number of nitrogens with zero attached hydrogens (tertiary/aromatic N) is 2. The number of phosphoric acid groups is 3. The van der Waals surface area contributed by atoms with Crippen molar-refractivity contribution < 1.29 is 109 Å². The summed E-state index contributed by atoms with van der Waals surface area (Å²) >= 11 is 1.26. The average molecular weight is 1090 g/mol. The van der Waals surface area contributed by atoms with Gasteiger partial charge >= 0.3 is 29.5 Å². The number of thioether (sulfide) groups is 1. The van der Waals surface area contributed by atoms with Gasteiger partial charge in [-0.25, -0.2) is 19.0 Å². The Balaban J connectivity index is 0.00000262. The van der Waals surface area contributed by atoms with Crippen LogP contribution in [0.2, 0.25) is 0 Å². The second-order valence-corrected chi connectivity index (χ2v) is 20.9. The third-order valence-electron chi connectivity index (χ3n) is 9.40. The highest BCUT2D eigenvalue weighted by Crippen LogP contribution is 2.61. The summed E-state index contributed by atoms with van der Waals surface area (Å²) in [6.45, 7) is 2.09. The molecule has 0 radical (unpaired) electrons. The number of phosphoric ester groups is 3. The molecule has 9 atom stereocenters. The van der Waals surface area contributed by atoms with E-state index in [-0.39, 0.29) is 60.4 Å². The monoisotopic (exact) mass is 1090 g/mol. The van der Waals surface area contributed by atoms with Gasteiger partial charge in [-0.1, -0.05) is 13.8 Å². The van der Waals surface area contributed by atoms with Gasteiger partial charge in [-0.15, -0.1) is 0 Å². The largest absolute Gasteiger partial charge is 0.481 e. The van der Waals surface area contributed by atoms with Gasteiger partial charge in [0.2, 0.25) is 29.5 Å². The topological polar surface area (TPSA) is 459 Å². The summed E-state index contributed by atoms with van der Waals surface area (Å²) < 4.78 is 82.6. The summed E-state index contributed by atoms with van der Waals surface area (Å²) in [6, 6.07) is 0.685. The van der Waals surface area contributed by atoms with Crippen molar-refractivity contribution in [1.29, 1.82) is 0 Å². The lowest BCUT2D eigenvalue weighted by molar-refractivity contribution is -0.189. The van der Waals surface area contributed by atoms with Gasteiger partial charge < -0.3 is 72.1 Å². The molecule has 0 aliphatic carbocycles. The number of halogens is 2. The van der Waals surface area contributed by atoms with Crippen molar-refractivity contribution in [3.63, 3.8) is 0 Å². The maximum absolute atomic E-state index is 12.7. The Hall–Kier alpha value is -4.07. The maximum Gasteiger partial charge on any atom is 0.481 e. The second-order valence-electron chi connectivity index (χ2n) is 15.6. The fourth-order valence-electron chi connectivity index (χ4n) is 6.08. The van der Waals surface area contributed by atoms with E-state index in [1.54, 1.807) is 0 Å². The number of aliphatic hydroxyl groups is 2. The molecule has 0 aromatic carbocycles. The van der Waals surface area contributed by atoms with Crippen LogP contribution in [-0.4, -0.2) is 157 Å². The van der Waals surface area contributed by atoms with Crippen LogP contribution < -0.4 is 32.7 Å². The summed E-state index contributed by atoms with van der Waals surface area (Å²) in [6.07, 6.45) is -6.83. The number of nitrogen functional groups attached to an aromatic ring is 1. The number of fused-ring (bicyclic) bond motifs is 1. The average Bonchev–Trinajstić information content (AvgIpc) is 3.81. The number of primary amides is 1. The van der Waals surface area contributed by atoms with Gasteiger partial charge in [-0.3, -0.25) is 47.5 Å². The number of carbonyl (C=O) groups is 5. The van der Waals surface area contributed by atoms with Crippen molar-refractivity contribution in [2.45, 2.75) is 88.9 Å². The lowest BCUT2D eigenvalue weighted by Gasteiger charge is -2.30. The molecule has 1 saturated heterocycles. The second kappa shape index (κ2) is 28.8. The SMILES string of the molecule is CC(=O)N[C@@H](CCCCNC(=O)CSCCNC(=O)CCNC(=O)[C@H](O)C(C)(C)COP(=O)(O)OP(=O)(O)OC[C@H]1O[C@@H](C2C=Nc3c(N)ccnc32)[C@H](O)[C@@H]1OP(=O)(O)O)C(N)=O.OOC=C(F)F. The molecule has 1 fully saturated rings. The molecule has 1 aromatic heterocycles. The molecule has 5 amide bonds. The van der Waals surface area contributed by atoms with Crippen LogP contribution in [0.4, 0.5) is 20.2 Å². The van der Waals surface area contributed by atoms with Gasteiger partial charge in [-0.2, -0.15) is 24.9 Å². The number of amides is 5. The smallest absolute Gasteiger partial charge is 0.397 e. The molecule has 1 aromatic rings. The molecule has 35 heteroatoms. The highest BCUT2D eigenvalue weighted by molar-refractivity contribution is 7.99. The molecular formula is C35H57F2N8O21P3S. The van der Waals surface area contributed by atoms with Crippen LogP contribution >= 0.6 is 35.2 Å². The van der Waals surface area contributed by atoms with E-state index in [2.05, 4.69) is 45.0 Å². The van der Waals surface area contributed by atoms with Gasteiger partial charge in [0, 0.05) is 56.6 Å². The third-order valence-corrected chi connectivity index (χ3v) is 13.5. The van der Waals surface area contributed by atoms with Gasteiger partial charge in [-0.05, 0) is 25.3 Å². The number of nitrogens with two attached hydrogens (primary N) is 2. The van der Waals surface area contributed by atoms with Crippen molar-refractivity contribution >= 4 is 82.4 Å². The van der Waals surface area contributed by atoms with Crippen LogP contribution in [0.5, 0.6) is 0 Å². The number of ether oxygens (including phenoxy) is 1. The number of hydrogen-bond acceptors (Lipinski definition) is 21. The Morgan fingerprint density at radius 1 is 1.00 bits per heavy atom. The molecule has 2 aliphatic rings. The van der Waals surface area contributed by atoms with E-state index >= 15 is 0 Å². The highest BCUT2D eigenvalue weighted by atomic mass is 32.2. The lowest BCUT2D eigenvalue weighted by atomic mass is 9.87. The number of carbonyl (C=O) groups excluding carboxylic acids is 5. The molecular weight excluding hydrogens is 1030 g/mol. The first kappa shape index (κ1) is 62.0. The van der Waals surface area contributed by atoms with E-state index < -0.39 is 108 Å². The van der Waals surface area contributed by atoms with Gasteiger partial charge in [0.25, 0.3) is 0 Å². The minimum absolute atomic E-state index is 0.0694. The summed E-state index contributed by atoms with van der Waals surface area (Å²) in [7, 11) is -16.4. The number of hydrogen-bond donors (Lipinski definition) is 13. The summed E-state index contributed by atoms with van der Waals surface area (Å²) in [5, 5.41) is 38.9. The van der Waals surface area contributed by atoms with E-state index in [9.17, 15) is 76.2 Å². The van der Waals surface area contributed by atoms with Gasteiger partial charge in [0.15, 0.2) is 6.26 Å². The maximum atomic E-state index is 12.7. The minimum atomic E-state index is -5.57. The third kappa shape index (κ3) is 22.6. The van der Waals surface area contributed by atoms with Gasteiger partial charge in [0.05, 0.1) is 36.3 Å². The number of unbranched alkanes of at least 4 members (excludes halogenated alkanes) is 1. The number of aromatic nitrogens is 1. The predicted octanol–water partition coefficient (Wildman–Crippen LogP) is -0.447. The van der Waals surface area contributed by atoms with Crippen LogP contribution in [0.25, 0.3) is 0 Å². The molecule has 15 N–H and O–H groups in total. The number of nitrogens with one attached hydrogen (secondary N) is 4. The first-order valence-corrected chi connectivity index (χ1v) is 26.1. The summed E-state index contributed by atoms with van der Waals surface area (Å²) in [5.74, 6) is -3.11. The zero-order valence-electron chi connectivity index (χ0n) is 37.5. The quantitative estimate of drug-likeness (QED) is 0.0159. The Labute approximate surface area is 402 Å². The molecule has 3 heterocycles. The molecule has 3 unspecified atom stereocenters. The number of pyridine rings is 1. The molecule has 3 rings (SSSR count). The summed E-state index contributed by atoms with van der Waals surface area (Å²) in [4.78, 5) is 110. The zero-order valence-corrected chi connectivity index (χ0v) is 41.0. The first-order valence-electron chi connectivity index (χ1n) is 20.5. The van der Waals surface area contributed by atoms with E-state index in [0.717, 1.165) is 0 Å². The molecule has 0 saturated carbocycles. The van der Waals surface area contributed by atoms with Gasteiger partial charge in [0.1, 0.15) is 42.2 Å². The highest BCUT2D eigenvalue weighted by Gasteiger charge is 2.52. The Kier molecular flexibility index (Phi) is 25.6. The van der Waals surface area contributed by atoms with E-state index in [1.165, 1.54) is 51.0 Å². The lowest BCUT2D eigenvalue weighted by Crippen LogP contribution is -2.46. The molecule has 29 nitrogen and oxygen atoms in total. The Morgan fingerprint density at radius 2 is 1.66 bits per heavy atom. The van der Waals surface area contributed by atoms with E-state index in [4.69, 9.17) is 30.5 Å². The van der Waals surface area contributed by atoms with Crippen molar-refractivity contribution in [3.05, 3.63) is 30.3 Å². The number of aliphatic imine (C=N–C) groups is 1. The van der Waals surface area contributed by atoms with Crippen molar-refractivity contribution in [3.8, 4) is 0 Å². The zero-order chi connectivity index (χ0) is 53.0. The fourth-order valence-corrected chi connectivity index (χ4v) is 9.59. The Bertz CT molecular complexity index is 2160. The van der Waals surface area contributed by atoms with Crippen LogP contribution in [0.1, 0.15) is 58.1 Å². The first-order chi connectivity index (χ1) is 32.5. The van der Waals surface area contributed by atoms with Crippen LogP contribution in [-0.2, 0) is 65.2 Å².